The summed E-state index contributed by atoms with van der Waals surface area (Å²) in [4.78, 5) is 14.1. The predicted octanol–water partition coefficient (Wildman–Crippen LogP) is 3.60. The number of halogens is 2. The smallest absolute Gasteiger partial charge is 0.341 e. The van der Waals surface area contributed by atoms with Gasteiger partial charge in [-0.1, -0.05) is 23.7 Å². The maximum atomic E-state index is 11.7. The predicted molar refractivity (Wildman–Crippen MR) is 99.5 cm³/mol. The maximum absolute atomic E-state index is 11.7. The van der Waals surface area contributed by atoms with Crippen LogP contribution in [0, 0.1) is 6.92 Å². The fourth-order valence-electron chi connectivity index (χ4n) is 3.11. The van der Waals surface area contributed by atoms with Gasteiger partial charge in [0.05, 0.1) is 13.7 Å². The minimum atomic E-state index is -0.366. The molecule has 0 bridgehead atoms. The van der Waals surface area contributed by atoms with Crippen LogP contribution >= 0.6 is 24.0 Å². The minimum Gasteiger partial charge on any atom is -0.465 e. The average molecular weight is 385 g/mol. The SMILES string of the molecule is COC(=O)c1cc(CN2CCNCC2c2cccc(Cl)c2)oc1C.Cl. The molecule has 25 heavy (non-hydrogen) atoms. The van der Waals surface area contributed by atoms with Crippen LogP contribution in [-0.4, -0.2) is 37.6 Å². The molecular weight excluding hydrogens is 363 g/mol. The van der Waals surface area contributed by atoms with Gasteiger partial charge in [-0.25, -0.2) is 4.79 Å². The molecular formula is C18H22Cl2N2O3. The van der Waals surface area contributed by atoms with Crippen LogP contribution in [0.15, 0.2) is 34.7 Å². The first kappa shape index (κ1) is 19.8. The zero-order valence-corrected chi connectivity index (χ0v) is 15.8. The van der Waals surface area contributed by atoms with Crippen molar-refractivity contribution >= 4 is 30.0 Å². The van der Waals surface area contributed by atoms with Crippen LogP contribution in [0.4, 0.5) is 0 Å². The summed E-state index contributed by atoms with van der Waals surface area (Å²) in [7, 11) is 1.37. The average Bonchev–Trinajstić information content (AvgIpc) is 2.95. The molecule has 136 valence electrons. The van der Waals surface area contributed by atoms with Crippen LogP contribution in [-0.2, 0) is 11.3 Å². The van der Waals surface area contributed by atoms with E-state index in [0.717, 1.165) is 30.4 Å². The van der Waals surface area contributed by atoms with E-state index in [1.807, 2.05) is 18.2 Å². The molecule has 1 aromatic carbocycles. The van der Waals surface area contributed by atoms with Gasteiger partial charge in [-0.3, -0.25) is 4.90 Å². The maximum Gasteiger partial charge on any atom is 0.341 e. The topological polar surface area (TPSA) is 54.7 Å². The molecule has 1 saturated heterocycles. The molecule has 7 heteroatoms. The van der Waals surface area contributed by atoms with Gasteiger partial charge in [0, 0.05) is 30.7 Å². The zero-order valence-electron chi connectivity index (χ0n) is 14.3. The quantitative estimate of drug-likeness (QED) is 0.816. The molecule has 2 heterocycles. The van der Waals surface area contributed by atoms with E-state index >= 15 is 0 Å². The second-order valence-electron chi connectivity index (χ2n) is 5.92. The normalized spacial score (nSPS) is 17.8. The fourth-order valence-corrected chi connectivity index (χ4v) is 3.31. The number of esters is 1. The number of piperazine rings is 1. The van der Waals surface area contributed by atoms with Crippen LogP contribution < -0.4 is 5.32 Å². The van der Waals surface area contributed by atoms with Crippen molar-refractivity contribution in [2.75, 3.05) is 26.7 Å². The Kier molecular flexibility index (Phi) is 6.90. The molecule has 1 unspecified atom stereocenters. The number of methoxy groups -OCH3 is 1. The van der Waals surface area contributed by atoms with Gasteiger partial charge < -0.3 is 14.5 Å². The highest BCUT2D eigenvalue weighted by atomic mass is 35.5. The lowest BCUT2D eigenvalue weighted by Gasteiger charge is -2.36. The van der Waals surface area contributed by atoms with Crippen LogP contribution in [0.5, 0.6) is 0 Å². The van der Waals surface area contributed by atoms with Gasteiger partial charge >= 0.3 is 5.97 Å². The summed E-state index contributed by atoms with van der Waals surface area (Å²) in [5.41, 5.74) is 1.66. The molecule has 1 N–H and O–H groups in total. The first-order valence-electron chi connectivity index (χ1n) is 7.96. The molecule has 1 aromatic heterocycles. The summed E-state index contributed by atoms with van der Waals surface area (Å²) >= 11 is 6.14. The molecule has 1 fully saturated rings. The van der Waals surface area contributed by atoms with Gasteiger partial charge in [0.1, 0.15) is 17.1 Å². The molecule has 0 spiro atoms. The monoisotopic (exact) mass is 384 g/mol. The number of aryl methyl sites for hydroxylation is 1. The Morgan fingerprint density at radius 1 is 1.44 bits per heavy atom. The lowest BCUT2D eigenvalue weighted by molar-refractivity contribution is 0.0599. The van der Waals surface area contributed by atoms with Gasteiger partial charge in [0.25, 0.3) is 0 Å². The van der Waals surface area contributed by atoms with Crippen molar-refractivity contribution in [3.63, 3.8) is 0 Å². The van der Waals surface area contributed by atoms with Crippen LogP contribution in [0.25, 0.3) is 0 Å². The minimum absolute atomic E-state index is 0. The molecule has 0 amide bonds. The number of carbonyl (C=O) groups excluding carboxylic acids is 1. The first-order valence-corrected chi connectivity index (χ1v) is 8.34. The molecule has 1 aliphatic heterocycles. The molecule has 0 radical (unpaired) electrons. The molecule has 0 aliphatic carbocycles. The third kappa shape index (κ3) is 4.55. The van der Waals surface area contributed by atoms with Crippen molar-refractivity contribution in [2.24, 2.45) is 0 Å². The Morgan fingerprint density at radius 2 is 2.24 bits per heavy atom. The Balaban J connectivity index is 0.00000225. The highest BCUT2D eigenvalue weighted by molar-refractivity contribution is 6.30. The number of rotatable bonds is 4. The Morgan fingerprint density at radius 3 is 2.96 bits per heavy atom. The number of benzene rings is 1. The van der Waals surface area contributed by atoms with E-state index in [1.54, 1.807) is 13.0 Å². The lowest BCUT2D eigenvalue weighted by atomic mass is 10.0. The van der Waals surface area contributed by atoms with E-state index in [1.165, 1.54) is 12.7 Å². The van der Waals surface area contributed by atoms with E-state index in [-0.39, 0.29) is 24.4 Å². The van der Waals surface area contributed by atoms with Crippen LogP contribution in [0.1, 0.15) is 33.5 Å². The molecule has 3 rings (SSSR count). The highest BCUT2D eigenvalue weighted by Crippen LogP contribution is 2.27. The van der Waals surface area contributed by atoms with Gasteiger partial charge in [-0.2, -0.15) is 0 Å². The fraction of sp³-hybridized carbons (Fsp3) is 0.389. The number of furan rings is 1. The summed E-state index contributed by atoms with van der Waals surface area (Å²) in [6.07, 6.45) is 0. The van der Waals surface area contributed by atoms with Crippen LogP contribution in [0.2, 0.25) is 5.02 Å². The van der Waals surface area contributed by atoms with Crippen molar-refractivity contribution < 1.29 is 13.9 Å². The molecule has 5 nitrogen and oxygen atoms in total. The van der Waals surface area contributed by atoms with E-state index in [9.17, 15) is 4.79 Å². The Hall–Kier alpha value is -1.53. The summed E-state index contributed by atoms with van der Waals surface area (Å²) in [6, 6.07) is 9.92. The number of nitrogens with zero attached hydrogens (tertiary/aromatic N) is 1. The lowest BCUT2D eigenvalue weighted by Crippen LogP contribution is -2.45. The number of ether oxygens (including phenoxy) is 1. The van der Waals surface area contributed by atoms with Gasteiger partial charge in [0.15, 0.2) is 0 Å². The van der Waals surface area contributed by atoms with Gasteiger partial charge in [-0.05, 0) is 30.7 Å². The second kappa shape index (κ2) is 8.72. The van der Waals surface area contributed by atoms with Gasteiger partial charge in [0.2, 0.25) is 0 Å². The second-order valence-corrected chi connectivity index (χ2v) is 6.36. The Bertz CT molecular complexity index is 733. The summed E-state index contributed by atoms with van der Waals surface area (Å²) in [5, 5.41) is 4.16. The van der Waals surface area contributed by atoms with Crippen molar-refractivity contribution in [3.8, 4) is 0 Å². The van der Waals surface area contributed by atoms with Gasteiger partial charge in [-0.15, -0.1) is 12.4 Å². The van der Waals surface area contributed by atoms with Crippen LogP contribution in [0.3, 0.4) is 0 Å². The highest BCUT2D eigenvalue weighted by Gasteiger charge is 2.26. The third-order valence-electron chi connectivity index (χ3n) is 4.32. The molecule has 1 atom stereocenters. The third-order valence-corrected chi connectivity index (χ3v) is 4.56. The largest absolute Gasteiger partial charge is 0.465 e. The van der Waals surface area contributed by atoms with Crippen molar-refractivity contribution in [3.05, 3.63) is 58.0 Å². The first-order chi connectivity index (χ1) is 11.6. The van der Waals surface area contributed by atoms with Crippen molar-refractivity contribution in [2.45, 2.75) is 19.5 Å². The standard InChI is InChI=1S/C18H21ClN2O3.ClH/c1-12-16(18(22)23-2)9-15(24-12)11-21-7-6-20-10-17(21)13-4-3-5-14(19)8-13;/h3-5,8-9,17,20H,6-7,10-11H2,1-2H3;1H. The number of carbonyl (C=O) groups is 1. The molecule has 2 aromatic rings. The Labute approximate surface area is 158 Å². The van der Waals surface area contributed by atoms with E-state index in [4.69, 9.17) is 20.8 Å². The summed E-state index contributed by atoms with van der Waals surface area (Å²) in [6.45, 7) is 5.08. The van der Waals surface area contributed by atoms with E-state index in [0.29, 0.717) is 17.9 Å². The summed E-state index contributed by atoms with van der Waals surface area (Å²) < 4.78 is 10.5. The van der Waals surface area contributed by atoms with E-state index < -0.39 is 0 Å². The zero-order chi connectivity index (χ0) is 17.1. The number of hydrogen-bond donors (Lipinski definition) is 1. The number of hydrogen-bond acceptors (Lipinski definition) is 5. The summed E-state index contributed by atoms with van der Waals surface area (Å²) in [5.74, 6) is 0.988. The van der Waals surface area contributed by atoms with Crippen molar-refractivity contribution in [1.82, 2.24) is 10.2 Å². The van der Waals surface area contributed by atoms with E-state index in [2.05, 4.69) is 16.3 Å². The number of nitrogens with one attached hydrogen (secondary N) is 1. The molecule has 0 saturated carbocycles. The van der Waals surface area contributed by atoms with Crippen molar-refractivity contribution in [1.29, 1.82) is 0 Å². The molecule has 1 aliphatic rings.